The first-order valence-corrected chi connectivity index (χ1v) is 25.4. The molecule has 1 aliphatic heterocycles. The van der Waals surface area contributed by atoms with Crippen LogP contribution in [0.1, 0.15) is 54.4 Å². The number of carbonyl (C=O) groups excluding carboxylic acids is 4. The Bertz CT molecular complexity index is 2580. The fraction of sp³-hybridized carbons (Fsp3) is 0.453. The molecular formula is C53H68N8O12S. The molecule has 3 heterocycles. The first kappa shape index (κ1) is 56.7. The molecular weight excluding hydrogens is 973 g/mol. The van der Waals surface area contributed by atoms with E-state index >= 15 is 0 Å². The van der Waals surface area contributed by atoms with Gasteiger partial charge < -0.3 is 65.2 Å². The Hall–Kier alpha value is -6.59. The zero-order valence-corrected chi connectivity index (χ0v) is 43.2. The first-order valence-electron chi connectivity index (χ1n) is 24.5. The Morgan fingerprint density at radius 2 is 1.45 bits per heavy atom. The van der Waals surface area contributed by atoms with Gasteiger partial charge in [0.1, 0.15) is 30.1 Å². The van der Waals surface area contributed by atoms with Crippen LogP contribution in [0.25, 0.3) is 21.7 Å². The molecule has 0 radical (unpaired) electrons. The van der Waals surface area contributed by atoms with Crippen molar-refractivity contribution < 1.29 is 57.8 Å². The number of carbonyl (C=O) groups is 4. The minimum atomic E-state index is -0.975. The molecule has 0 bridgehead atoms. The maximum absolute atomic E-state index is 13.9. The third kappa shape index (κ3) is 17.5. The minimum Gasteiger partial charge on any atom is -0.507 e. The molecule has 398 valence electrons. The van der Waals surface area contributed by atoms with Crippen LogP contribution in [0.5, 0.6) is 11.5 Å². The van der Waals surface area contributed by atoms with Crippen molar-refractivity contribution in [3.63, 3.8) is 0 Å². The van der Waals surface area contributed by atoms with E-state index in [2.05, 4.69) is 31.1 Å². The number of aliphatic hydroxyl groups excluding tert-OH is 1. The second kappa shape index (κ2) is 28.8. The lowest BCUT2D eigenvalue weighted by Crippen LogP contribution is -2.58. The van der Waals surface area contributed by atoms with Gasteiger partial charge in [0.25, 0.3) is 5.91 Å². The number of likely N-dealkylation sites (tertiary alicyclic amines) is 1. The molecule has 0 aliphatic carbocycles. The van der Waals surface area contributed by atoms with Crippen molar-refractivity contribution in [1.82, 2.24) is 36.0 Å². The molecule has 0 spiro atoms. The number of anilines is 1. The summed E-state index contributed by atoms with van der Waals surface area (Å²) in [5.74, 6) is -0.961. The molecule has 6 rings (SSSR count). The van der Waals surface area contributed by atoms with Crippen molar-refractivity contribution in [3.05, 3.63) is 107 Å². The molecule has 1 saturated heterocycles. The van der Waals surface area contributed by atoms with Crippen LogP contribution in [0.2, 0.25) is 0 Å². The molecule has 1 aliphatic rings. The average Bonchev–Trinajstić information content (AvgIpc) is 4.01. The van der Waals surface area contributed by atoms with Crippen LogP contribution in [0.15, 0.2) is 84.4 Å². The van der Waals surface area contributed by atoms with Gasteiger partial charge in [-0.05, 0) is 53.3 Å². The van der Waals surface area contributed by atoms with Crippen LogP contribution in [0, 0.1) is 12.3 Å². The zero-order valence-electron chi connectivity index (χ0n) is 42.4. The van der Waals surface area contributed by atoms with Crippen molar-refractivity contribution in [2.75, 3.05) is 91.5 Å². The highest BCUT2D eigenvalue weighted by molar-refractivity contribution is 7.13. The van der Waals surface area contributed by atoms with Gasteiger partial charge in [0, 0.05) is 49.7 Å². The molecule has 74 heavy (non-hydrogen) atoms. The van der Waals surface area contributed by atoms with E-state index in [0.29, 0.717) is 88.4 Å². The van der Waals surface area contributed by atoms with Gasteiger partial charge in [-0.25, -0.2) is 4.98 Å². The number of benzene rings is 3. The summed E-state index contributed by atoms with van der Waals surface area (Å²) in [6.07, 6.45) is -0.227. The number of aromatic nitrogens is 3. The number of phenolic OH excluding ortho intramolecular Hbond substituents is 1. The third-order valence-electron chi connectivity index (χ3n) is 11.8. The number of thiazole rings is 1. The van der Waals surface area contributed by atoms with E-state index in [1.807, 2.05) is 64.1 Å². The van der Waals surface area contributed by atoms with E-state index < -0.39 is 35.4 Å². The molecule has 0 unspecified atom stereocenters. The number of hydrogen-bond acceptors (Lipinski definition) is 17. The summed E-state index contributed by atoms with van der Waals surface area (Å²) in [7, 11) is 0. The summed E-state index contributed by atoms with van der Waals surface area (Å²) in [5, 5.41) is 37.2. The number of rotatable bonds is 29. The molecule has 0 saturated carbocycles. The summed E-state index contributed by atoms with van der Waals surface area (Å²) < 4.78 is 33.6. The highest BCUT2D eigenvalue weighted by Gasteiger charge is 2.44. The normalized spacial score (nSPS) is 14.9. The summed E-state index contributed by atoms with van der Waals surface area (Å²) in [6, 6.07) is 21.6. The van der Waals surface area contributed by atoms with Gasteiger partial charge in [0.05, 0.1) is 88.3 Å². The highest BCUT2D eigenvalue weighted by atomic mass is 32.1. The Morgan fingerprint density at radius 1 is 0.811 bits per heavy atom. The van der Waals surface area contributed by atoms with E-state index in [0.717, 1.165) is 27.3 Å². The Kier molecular flexibility index (Phi) is 22.0. The van der Waals surface area contributed by atoms with Crippen LogP contribution in [0.3, 0.4) is 0 Å². The molecule has 1 fully saturated rings. The van der Waals surface area contributed by atoms with Crippen LogP contribution in [0.4, 0.5) is 5.82 Å². The number of phenols is 1. The molecule has 20 nitrogen and oxygen atoms in total. The van der Waals surface area contributed by atoms with Gasteiger partial charge in [0.15, 0.2) is 11.6 Å². The fourth-order valence-corrected chi connectivity index (χ4v) is 8.60. The van der Waals surface area contributed by atoms with Gasteiger partial charge in [-0.3, -0.25) is 19.2 Å². The molecule has 7 N–H and O–H groups in total. The second-order valence-electron chi connectivity index (χ2n) is 18.5. The van der Waals surface area contributed by atoms with E-state index in [4.69, 9.17) is 34.2 Å². The van der Waals surface area contributed by atoms with Gasteiger partial charge >= 0.3 is 0 Å². The highest BCUT2D eigenvalue weighted by Crippen LogP contribution is 2.31. The van der Waals surface area contributed by atoms with Crippen molar-refractivity contribution in [3.8, 4) is 33.2 Å². The van der Waals surface area contributed by atoms with Crippen molar-refractivity contribution >= 4 is 40.8 Å². The number of amides is 4. The van der Waals surface area contributed by atoms with Gasteiger partial charge in [-0.1, -0.05) is 69.3 Å². The van der Waals surface area contributed by atoms with Crippen molar-refractivity contribution in [1.29, 1.82) is 0 Å². The second-order valence-corrected chi connectivity index (χ2v) is 19.3. The SMILES string of the molecule is Cc1ncsc1-c1ccc(CNC(=O)[C@@H]2C[C@@H](O)CN2C(=O)[C@@H](NC(=O)COCCOCCOCCOCCOCCNC(=O)c2ccc(CCOc3cc(-c4ccccc4O)nnc3N)cc2)C(C)(C)C)cc1. The fourth-order valence-electron chi connectivity index (χ4n) is 7.79. The number of nitrogens with one attached hydrogen (secondary N) is 3. The van der Waals surface area contributed by atoms with Crippen molar-refractivity contribution in [2.45, 2.75) is 65.3 Å². The standard InChI is InChI=1S/C53H68N8O12S/c1-35-47(74-34-57-35)38-13-11-37(12-14-38)31-56-51(66)43-29-40(62)32-61(43)52(67)48(53(2,3)4)58-46(64)33-72-28-27-71-26-25-70-24-23-69-22-21-68-20-18-55-50(65)39-15-9-36(10-16-39)17-19-73-45-30-42(59-60-49(45)54)41-7-5-6-8-44(41)63/h5-16,30,34,40,43,48,62-63H,17-29,31-33H2,1-4H3,(H2,54,60)(H,55,65)(H,56,66)(H,58,64)/t40-,43+,48-/m1/s1. The van der Waals surface area contributed by atoms with Gasteiger partial charge in [-0.15, -0.1) is 21.5 Å². The molecule has 3 aromatic carbocycles. The van der Waals surface area contributed by atoms with Crippen LogP contribution in [-0.4, -0.2) is 158 Å². The number of hydrogen-bond donors (Lipinski definition) is 6. The number of ether oxygens (including phenoxy) is 6. The number of aromatic hydroxyl groups is 1. The predicted molar refractivity (Wildman–Crippen MR) is 277 cm³/mol. The number of nitrogens with zero attached hydrogens (tertiary/aromatic N) is 4. The zero-order chi connectivity index (χ0) is 52.9. The lowest BCUT2D eigenvalue weighted by Gasteiger charge is -2.35. The Balaban J connectivity index is 0.747. The van der Waals surface area contributed by atoms with Crippen LogP contribution < -0.4 is 26.4 Å². The number of β-amino-alcohol motifs (C(OH)–C–C–N with tert-alkyl or cyclic N) is 1. The summed E-state index contributed by atoms with van der Waals surface area (Å²) in [4.78, 5) is 59.6. The summed E-state index contributed by atoms with van der Waals surface area (Å²) in [6.45, 7) is 10.8. The maximum atomic E-state index is 13.9. The smallest absolute Gasteiger partial charge is 0.251 e. The first-order chi connectivity index (χ1) is 35.7. The Morgan fingerprint density at radius 3 is 2.08 bits per heavy atom. The average molecular weight is 1040 g/mol. The lowest BCUT2D eigenvalue weighted by molar-refractivity contribution is -0.144. The summed E-state index contributed by atoms with van der Waals surface area (Å²) >= 11 is 1.57. The van der Waals surface area contributed by atoms with E-state index in [1.54, 1.807) is 59.3 Å². The van der Waals surface area contributed by atoms with Crippen molar-refractivity contribution in [2.24, 2.45) is 5.41 Å². The minimum absolute atomic E-state index is 0.0252. The van der Waals surface area contributed by atoms with Gasteiger partial charge in [0.2, 0.25) is 17.7 Å². The lowest BCUT2D eigenvalue weighted by atomic mass is 9.85. The number of para-hydroxylation sites is 1. The van der Waals surface area contributed by atoms with E-state index in [9.17, 15) is 29.4 Å². The third-order valence-corrected chi connectivity index (χ3v) is 12.8. The number of aryl methyl sites for hydroxylation is 1. The summed E-state index contributed by atoms with van der Waals surface area (Å²) in [5.41, 5.74) is 12.4. The number of nitrogen functional groups attached to an aromatic ring is 1. The van der Waals surface area contributed by atoms with E-state index in [1.165, 1.54) is 4.90 Å². The van der Waals surface area contributed by atoms with Crippen LogP contribution in [-0.2, 0) is 51.0 Å². The van der Waals surface area contributed by atoms with E-state index in [-0.39, 0.29) is 62.7 Å². The topological polar surface area (TPSA) is 268 Å². The molecule has 2 aromatic heterocycles. The monoisotopic (exact) mass is 1040 g/mol. The predicted octanol–water partition coefficient (Wildman–Crippen LogP) is 4.11. The maximum Gasteiger partial charge on any atom is 0.251 e. The molecule has 3 atom stereocenters. The van der Waals surface area contributed by atoms with Crippen LogP contribution >= 0.6 is 11.3 Å². The Labute approximate surface area is 435 Å². The quantitative estimate of drug-likeness (QED) is 0.0368. The largest absolute Gasteiger partial charge is 0.507 e. The molecule has 21 heteroatoms. The molecule has 4 amide bonds. The molecule has 5 aromatic rings. The number of nitrogens with two attached hydrogens (primary N) is 1. The number of aliphatic hydroxyl groups is 1. The van der Waals surface area contributed by atoms with Gasteiger partial charge in [-0.2, -0.15) is 0 Å².